The van der Waals surface area contributed by atoms with Crippen molar-refractivity contribution < 1.29 is 0 Å². The molecule has 37 heavy (non-hydrogen) atoms. The van der Waals surface area contributed by atoms with Crippen molar-refractivity contribution in [1.82, 2.24) is 0 Å². The molecule has 0 amide bonds. The van der Waals surface area contributed by atoms with Gasteiger partial charge in [-0.25, -0.2) is 0 Å². The first-order chi connectivity index (χ1) is 18.0. The SMILES string of the molecule is C=C(/C=C\CC)c1c(CCC)c2c(c3c1C(CC)(CC)c1ccccc1-3)C(CC)(CC)c1ccccc1-2. The molecule has 0 fully saturated rings. The molecule has 0 radical (unpaired) electrons. The van der Waals surface area contributed by atoms with Gasteiger partial charge in [-0.1, -0.05) is 115 Å². The van der Waals surface area contributed by atoms with Crippen LogP contribution in [-0.2, 0) is 17.3 Å². The van der Waals surface area contributed by atoms with E-state index < -0.39 is 0 Å². The first-order valence-electron chi connectivity index (χ1n) is 14.8. The topological polar surface area (TPSA) is 0 Å². The molecular formula is C37H44. The van der Waals surface area contributed by atoms with Crippen molar-refractivity contribution in [2.24, 2.45) is 0 Å². The van der Waals surface area contributed by atoms with E-state index in [-0.39, 0.29) is 10.8 Å². The van der Waals surface area contributed by atoms with Gasteiger partial charge in [-0.3, -0.25) is 0 Å². The van der Waals surface area contributed by atoms with Crippen LogP contribution in [0, 0.1) is 0 Å². The Hall–Kier alpha value is -2.86. The second-order valence-corrected chi connectivity index (χ2v) is 11.1. The van der Waals surface area contributed by atoms with Gasteiger partial charge < -0.3 is 0 Å². The van der Waals surface area contributed by atoms with Crippen molar-refractivity contribution in [2.75, 3.05) is 0 Å². The van der Waals surface area contributed by atoms with Gasteiger partial charge in [0.2, 0.25) is 0 Å². The average Bonchev–Trinajstić information content (AvgIpc) is 3.40. The molecule has 0 heteroatoms. The van der Waals surface area contributed by atoms with Gasteiger partial charge in [-0.05, 0) is 99.7 Å². The van der Waals surface area contributed by atoms with Crippen LogP contribution >= 0.6 is 0 Å². The number of hydrogen-bond acceptors (Lipinski definition) is 0. The molecule has 5 rings (SSSR count). The summed E-state index contributed by atoms with van der Waals surface area (Å²) in [6.07, 6.45) is 12.3. The third-order valence-corrected chi connectivity index (χ3v) is 9.77. The van der Waals surface area contributed by atoms with Crippen molar-refractivity contribution in [3.05, 3.63) is 101 Å². The Balaban J connectivity index is 2.08. The van der Waals surface area contributed by atoms with Crippen LogP contribution in [0.25, 0.3) is 27.8 Å². The zero-order chi connectivity index (χ0) is 26.4. The second-order valence-electron chi connectivity index (χ2n) is 11.1. The molecule has 0 heterocycles. The van der Waals surface area contributed by atoms with E-state index in [9.17, 15) is 0 Å². The summed E-state index contributed by atoms with van der Waals surface area (Å²) < 4.78 is 0. The molecule has 0 atom stereocenters. The molecule has 0 aliphatic heterocycles. The van der Waals surface area contributed by atoms with Gasteiger partial charge >= 0.3 is 0 Å². The Labute approximate surface area is 225 Å². The van der Waals surface area contributed by atoms with Crippen LogP contribution in [0.2, 0.25) is 0 Å². The summed E-state index contributed by atoms with van der Waals surface area (Å²) in [5, 5.41) is 0. The molecule has 0 saturated heterocycles. The molecule has 0 N–H and O–H groups in total. The first kappa shape index (κ1) is 25.8. The van der Waals surface area contributed by atoms with Crippen LogP contribution < -0.4 is 0 Å². The summed E-state index contributed by atoms with van der Waals surface area (Å²) in [7, 11) is 0. The predicted octanol–water partition coefficient (Wildman–Crippen LogP) is 10.8. The lowest BCUT2D eigenvalue weighted by atomic mass is 9.66. The molecule has 192 valence electrons. The number of fused-ring (bicyclic) bond motifs is 7. The van der Waals surface area contributed by atoms with E-state index >= 15 is 0 Å². The van der Waals surface area contributed by atoms with Crippen LogP contribution in [0.5, 0.6) is 0 Å². The van der Waals surface area contributed by atoms with Crippen molar-refractivity contribution in [1.29, 1.82) is 0 Å². The minimum absolute atomic E-state index is 0.0176. The zero-order valence-electron chi connectivity index (χ0n) is 23.9. The Morgan fingerprint density at radius 3 is 1.73 bits per heavy atom. The number of hydrogen-bond donors (Lipinski definition) is 0. The summed E-state index contributed by atoms with van der Waals surface area (Å²) in [5.74, 6) is 0. The average molecular weight is 489 g/mol. The number of allylic oxidation sites excluding steroid dienone is 3. The summed E-state index contributed by atoms with van der Waals surface area (Å²) in [4.78, 5) is 0. The van der Waals surface area contributed by atoms with Gasteiger partial charge in [-0.2, -0.15) is 0 Å². The molecule has 3 aromatic rings. The third-order valence-electron chi connectivity index (χ3n) is 9.77. The Morgan fingerprint density at radius 1 is 0.703 bits per heavy atom. The highest BCUT2D eigenvalue weighted by Crippen LogP contribution is 2.65. The maximum Gasteiger partial charge on any atom is 0.0216 e. The van der Waals surface area contributed by atoms with Gasteiger partial charge in [0.05, 0.1) is 0 Å². The van der Waals surface area contributed by atoms with Crippen molar-refractivity contribution >= 4 is 5.57 Å². The molecule has 2 aliphatic carbocycles. The predicted molar refractivity (Wildman–Crippen MR) is 162 cm³/mol. The van der Waals surface area contributed by atoms with Crippen LogP contribution in [-0.4, -0.2) is 0 Å². The molecule has 0 spiro atoms. The molecular weight excluding hydrogens is 444 g/mol. The maximum absolute atomic E-state index is 4.75. The van der Waals surface area contributed by atoms with Crippen LogP contribution in [0.15, 0.2) is 67.3 Å². The van der Waals surface area contributed by atoms with Gasteiger partial charge in [0.15, 0.2) is 0 Å². The Morgan fingerprint density at radius 2 is 1.22 bits per heavy atom. The smallest absolute Gasteiger partial charge is 0.0216 e. The summed E-state index contributed by atoms with van der Waals surface area (Å²) in [6, 6.07) is 18.7. The van der Waals surface area contributed by atoms with E-state index in [1.165, 1.54) is 50.1 Å². The fourth-order valence-corrected chi connectivity index (χ4v) is 8.00. The monoisotopic (exact) mass is 488 g/mol. The van der Waals surface area contributed by atoms with Gasteiger partial charge in [0.25, 0.3) is 0 Å². The molecule has 0 nitrogen and oxygen atoms in total. The van der Waals surface area contributed by atoms with Crippen molar-refractivity contribution in [3.8, 4) is 22.3 Å². The number of rotatable bonds is 9. The van der Waals surface area contributed by atoms with Crippen LogP contribution in [0.3, 0.4) is 0 Å². The van der Waals surface area contributed by atoms with E-state index in [4.69, 9.17) is 6.58 Å². The minimum Gasteiger partial charge on any atom is -0.0911 e. The summed E-state index contributed by atoms with van der Waals surface area (Å²) in [6.45, 7) is 18.9. The lowest BCUT2D eigenvalue weighted by Crippen LogP contribution is -2.27. The minimum atomic E-state index is 0.0176. The lowest BCUT2D eigenvalue weighted by molar-refractivity contribution is 0.480. The highest BCUT2D eigenvalue weighted by Gasteiger charge is 2.51. The number of benzene rings is 3. The van der Waals surface area contributed by atoms with Gasteiger partial charge in [0.1, 0.15) is 0 Å². The van der Waals surface area contributed by atoms with E-state index in [0.29, 0.717) is 0 Å². The van der Waals surface area contributed by atoms with Crippen LogP contribution in [0.4, 0.5) is 0 Å². The zero-order valence-corrected chi connectivity index (χ0v) is 23.9. The highest BCUT2D eigenvalue weighted by atomic mass is 14.5. The fourth-order valence-electron chi connectivity index (χ4n) is 8.00. The van der Waals surface area contributed by atoms with E-state index in [2.05, 4.69) is 102 Å². The summed E-state index contributed by atoms with van der Waals surface area (Å²) in [5.41, 5.74) is 16.5. The molecule has 0 unspecified atom stereocenters. The second kappa shape index (κ2) is 9.79. The summed E-state index contributed by atoms with van der Waals surface area (Å²) >= 11 is 0. The largest absolute Gasteiger partial charge is 0.0911 e. The first-order valence-corrected chi connectivity index (χ1v) is 14.8. The Bertz CT molecular complexity index is 1370. The fraction of sp³-hybridized carbons (Fsp3) is 0.405. The van der Waals surface area contributed by atoms with Crippen LogP contribution in [0.1, 0.15) is 113 Å². The molecule has 0 saturated carbocycles. The lowest BCUT2D eigenvalue weighted by Gasteiger charge is -2.36. The molecule has 0 aromatic heterocycles. The van der Waals surface area contributed by atoms with Gasteiger partial charge in [0, 0.05) is 10.8 Å². The third kappa shape index (κ3) is 3.34. The van der Waals surface area contributed by atoms with Crippen molar-refractivity contribution in [2.45, 2.75) is 97.3 Å². The van der Waals surface area contributed by atoms with E-state index in [0.717, 1.165) is 44.9 Å². The van der Waals surface area contributed by atoms with Crippen molar-refractivity contribution in [3.63, 3.8) is 0 Å². The molecule has 3 aromatic carbocycles. The van der Waals surface area contributed by atoms with E-state index in [1.54, 1.807) is 11.1 Å². The Kier molecular flexibility index (Phi) is 6.82. The molecule has 0 bridgehead atoms. The normalized spacial score (nSPS) is 15.9. The highest BCUT2D eigenvalue weighted by molar-refractivity contribution is 6.00. The maximum atomic E-state index is 4.75. The molecule has 2 aliphatic rings. The van der Waals surface area contributed by atoms with E-state index in [1.807, 2.05) is 0 Å². The standard InChI is InChI=1S/C37H44/c1-8-14-20-25(7)31-28(19-9-2)32-26-21-15-17-23-29(26)37(12-5,13-6)35(32)33-27-22-16-18-24-30(27)36(10-3,11-4)34(31)33/h14-18,20-24H,7-13,19H2,1-6H3/b20-14-. The quantitative estimate of drug-likeness (QED) is 0.263. The van der Waals surface area contributed by atoms with Gasteiger partial charge in [-0.15, -0.1) is 0 Å².